The molecule has 0 amide bonds. The summed E-state index contributed by atoms with van der Waals surface area (Å²) in [5.41, 5.74) is 0. The van der Waals surface area contributed by atoms with Crippen LogP contribution in [0.4, 0.5) is 0 Å². The zero-order valence-electron chi connectivity index (χ0n) is 28.6. The van der Waals surface area contributed by atoms with Crippen LogP contribution >= 0.6 is 0 Å². The molecule has 0 aromatic carbocycles. The normalized spacial score (nSPS) is 12.2. The predicted molar refractivity (Wildman–Crippen MR) is 178 cm³/mol. The Morgan fingerprint density at radius 1 is 0.419 bits per heavy atom. The van der Waals surface area contributed by atoms with Crippen molar-refractivity contribution in [1.29, 1.82) is 0 Å². The van der Waals surface area contributed by atoms with Crippen LogP contribution in [0.5, 0.6) is 0 Å². The van der Waals surface area contributed by atoms with Gasteiger partial charge in [-0.25, -0.2) is 0 Å². The smallest absolute Gasteiger partial charge is 0.550 e. The van der Waals surface area contributed by atoms with E-state index in [-0.39, 0.29) is 61.7 Å². The maximum absolute atomic E-state index is 10.3. The van der Waals surface area contributed by atoms with Crippen molar-refractivity contribution in [3.63, 3.8) is 0 Å². The summed E-state index contributed by atoms with van der Waals surface area (Å²) in [4.78, 5) is 20.5. The molecule has 0 heterocycles. The van der Waals surface area contributed by atoms with Gasteiger partial charge in [-0.15, -0.1) is 0 Å². The van der Waals surface area contributed by atoms with Gasteiger partial charge in [0.1, 0.15) is 0 Å². The summed E-state index contributed by atoms with van der Waals surface area (Å²) in [6.07, 6.45) is 33.0. The molecule has 0 aliphatic carbocycles. The number of hydrogen-bond acceptors (Lipinski definition) is 6. The minimum absolute atomic E-state index is 0. The fraction of sp³-hybridized carbons (Fsp3) is 0.944. The van der Waals surface area contributed by atoms with Gasteiger partial charge in [0.2, 0.25) is 0 Å². The molecular formula is C36H70BaO6. The minimum Gasteiger partial charge on any atom is -0.550 e. The van der Waals surface area contributed by atoms with Gasteiger partial charge in [0, 0.05) is 24.8 Å². The first kappa shape index (κ1) is 47.8. The van der Waals surface area contributed by atoms with Crippen LogP contribution in [0.15, 0.2) is 0 Å². The monoisotopic (exact) mass is 736 g/mol. The van der Waals surface area contributed by atoms with Crippen molar-refractivity contribution in [3.05, 3.63) is 0 Å². The Labute approximate surface area is 307 Å². The van der Waals surface area contributed by atoms with Crippen LogP contribution in [0.3, 0.4) is 0 Å². The summed E-state index contributed by atoms with van der Waals surface area (Å²) in [6, 6.07) is 0. The van der Waals surface area contributed by atoms with Crippen molar-refractivity contribution in [2.75, 3.05) is 0 Å². The summed E-state index contributed by atoms with van der Waals surface area (Å²) < 4.78 is 0. The SMILES string of the molecule is CCCCCCCCCCCCCCCC(O)CC(=O)[O-].CCCCCCCCCCCCCCCC(O)CC(=O)[O-].[Ba+2]. The molecule has 0 radical (unpaired) electrons. The van der Waals surface area contributed by atoms with Gasteiger partial charge in [-0.2, -0.15) is 0 Å². The quantitative estimate of drug-likeness (QED) is 0.0544. The van der Waals surface area contributed by atoms with E-state index in [1.165, 1.54) is 141 Å². The minimum atomic E-state index is -1.16. The van der Waals surface area contributed by atoms with E-state index in [1.54, 1.807) is 0 Å². The molecule has 2 atom stereocenters. The molecule has 0 bridgehead atoms. The Kier molecular flexibility index (Phi) is 45.0. The molecule has 0 aromatic rings. The van der Waals surface area contributed by atoms with E-state index in [2.05, 4.69) is 13.8 Å². The van der Waals surface area contributed by atoms with Crippen LogP contribution < -0.4 is 10.2 Å². The van der Waals surface area contributed by atoms with Crippen LogP contribution in [-0.2, 0) is 9.59 Å². The van der Waals surface area contributed by atoms with Gasteiger partial charge in [-0.1, -0.05) is 181 Å². The molecule has 0 aliphatic rings. The van der Waals surface area contributed by atoms with Gasteiger partial charge >= 0.3 is 48.9 Å². The molecule has 7 heteroatoms. The average Bonchev–Trinajstić information content (AvgIpc) is 2.93. The van der Waals surface area contributed by atoms with E-state index < -0.39 is 24.1 Å². The van der Waals surface area contributed by atoms with Gasteiger partial charge < -0.3 is 30.0 Å². The van der Waals surface area contributed by atoms with Gasteiger partial charge in [-0.3, -0.25) is 0 Å². The van der Waals surface area contributed by atoms with Crippen molar-refractivity contribution in [1.82, 2.24) is 0 Å². The second-order valence-corrected chi connectivity index (χ2v) is 12.5. The first-order chi connectivity index (χ1) is 20.3. The summed E-state index contributed by atoms with van der Waals surface area (Å²) in [6.45, 7) is 4.51. The Balaban J connectivity index is -0.000000727. The zero-order valence-corrected chi connectivity index (χ0v) is 33.0. The molecule has 0 rings (SSSR count). The Morgan fingerprint density at radius 2 is 0.605 bits per heavy atom. The standard InChI is InChI=1S/2C18H36O3.Ba/c2*1-2-3-4-5-6-7-8-9-10-11-12-13-14-15-17(19)16-18(20)21;/h2*17,19H,2-16H2,1H3,(H,20,21);/q;;+2/p-2. The van der Waals surface area contributed by atoms with Gasteiger partial charge in [-0.05, 0) is 12.8 Å². The van der Waals surface area contributed by atoms with Gasteiger partial charge in [0.05, 0.1) is 12.2 Å². The summed E-state index contributed by atoms with van der Waals surface area (Å²) in [5.74, 6) is -2.31. The van der Waals surface area contributed by atoms with Crippen molar-refractivity contribution in [2.45, 2.75) is 219 Å². The first-order valence-corrected chi connectivity index (χ1v) is 18.1. The summed E-state index contributed by atoms with van der Waals surface area (Å²) in [5, 5.41) is 39.3. The van der Waals surface area contributed by atoms with E-state index in [4.69, 9.17) is 0 Å². The number of unbranched alkanes of at least 4 members (excludes halogenated alkanes) is 24. The maximum atomic E-state index is 10.3. The van der Waals surface area contributed by atoms with E-state index >= 15 is 0 Å². The molecule has 43 heavy (non-hydrogen) atoms. The maximum Gasteiger partial charge on any atom is 2.00 e. The van der Waals surface area contributed by atoms with Crippen LogP contribution in [-0.4, -0.2) is 83.2 Å². The van der Waals surface area contributed by atoms with E-state index in [0.717, 1.165) is 25.7 Å². The van der Waals surface area contributed by atoms with E-state index in [0.29, 0.717) is 12.8 Å². The third-order valence-corrected chi connectivity index (χ3v) is 8.09. The largest absolute Gasteiger partial charge is 2.00 e. The molecule has 2 unspecified atom stereocenters. The number of aliphatic carboxylic acids is 2. The zero-order chi connectivity index (χ0) is 31.5. The molecule has 0 saturated heterocycles. The number of carboxylic acid groups (broad SMARTS) is 2. The van der Waals surface area contributed by atoms with Gasteiger partial charge in [0.25, 0.3) is 0 Å². The number of carbonyl (C=O) groups excluding carboxylic acids is 2. The Bertz CT molecular complexity index is 512. The number of carbonyl (C=O) groups is 2. The van der Waals surface area contributed by atoms with Crippen LogP contribution in [0.2, 0.25) is 0 Å². The van der Waals surface area contributed by atoms with Crippen LogP contribution in [0, 0.1) is 0 Å². The van der Waals surface area contributed by atoms with Crippen LogP contribution in [0.25, 0.3) is 0 Å². The Hall–Kier alpha value is 0.431. The molecule has 0 fully saturated rings. The molecule has 2 N–H and O–H groups in total. The van der Waals surface area contributed by atoms with E-state index in [9.17, 15) is 30.0 Å². The molecule has 252 valence electrons. The fourth-order valence-corrected chi connectivity index (χ4v) is 5.38. The van der Waals surface area contributed by atoms with E-state index in [1.807, 2.05) is 0 Å². The first-order valence-electron chi connectivity index (χ1n) is 18.1. The topological polar surface area (TPSA) is 121 Å². The number of aliphatic hydroxyl groups excluding tert-OH is 2. The summed E-state index contributed by atoms with van der Waals surface area (Å²) in [7, 11) is 0. The van der Waals surface area contributed by atoms with Crippen molar-refractivity contribution >= 4 is 60.8 Å². The number of rotatable bonds is 32. The third kappa shape index (κ3) is 47.0. The number of aliphatic hydroxyl groups is 2. The Morgan fingerprint density at radius 3 is 0.791 bits per heavy atom. The van der Waals surface area contributed by atoms with Crippen molar-refractivity contribution in [2.24, 2.45) is 0 Å². The molecule has 0 saturated carbocycles. The number of hydrogen-bond donors (Lipinski definition) is 2. The molecule has 6 nitrogen and oxygen atoms in total. The molecular weight excluding hydrogens is 666 g/mol. The van der Waals surface area contributed by atoms with Gasteiger partial charge in [0.15, 0.2) is 0 Å². The fourth-order valence-electron chi connectivity index (χ4n) is 5.38. The molecule has 0 spiro atoms. The predicted octanol–water partition coefficient (Wildman–Crippen LogP) is 7.56. The number of carboxylic acids is 2. The third-order valence-electron chi connectivity index (χ3n) is 8.09. The van der Waals surface area contributed by atoms with Crippen molar-refractivity contribution in [3.8, 4) is 0 Å². The molecule has 0 aliphatic heterocycles. The average molecular weight is 736 g/mol. The van der Waals surface area contributed by atoms with Crippen LogP contribution in [0.1, 0.15) is 206 Å². The second-order valence-electron chi connectivity index (χ2n) is 12.5. The van der Waals surface area contributed by atoms with Crippen molar-refractivity contribution < 1.29 is 30.0 Å². The molecule has 0 aromatic heterocycles. The summed E-state index contributed by atoms with van der Waals surface area (Å²) >= 11 is 0. The second kappa shape index (κ2) is 40.5.